The molecule has 1 amide bonds. The second-order valence-corrected chi connectivity index (χ2v) is 6.40. The maximum Gasteiger partial charge on any atom is 0.223 e. The summed E-state index contributed by atoms with van der Waals surface area (Å²) in [5.74, 6) is 1.80. The smallest absolute Gasteiger partial charge is 0.223 e. The fourth-order valence-corrected chi connectivity index (χ4v) is 3.07. The van der Waals surface area contributed by atoms with Crippen molar-refractivity contribution in [1.29, 1.82) is 0 Å². The predicted molar refractivity (Wildman–Crippen MR) is 83.8 cm³/mol. The van der Waals surface area contributed by atoms with Gasteiger partial charge in [0.2, 0.25) is 5.91 Å². The lowest BCUT2D eigenvalue weighted by Gasteiger charge is -2.16. The Morgan fingerprint density at radius 2 is 2.05 bits per heavy atom. The van der Waals surface area contributed by atoms with Crippen LogP contribution in [0.25, 0.3) is 0 Å². The Bertz CT molecular complexity index is 433. The van der Waals surface area contributed by atoms with Crippen LogP contribution in [-0.4, -0.2) is 41.0 Å². The molecule has 1 aliphatic rings. The molecule has 0 aromatic heterocycles. The molecule has 1 atom stereocenters. The average Bonchev–Trinajstić information content (AvgIpc) is 2.94. The summed E-state index contributed by atoms with van der Waals surface area (Å²) in [6, 6.07) is 8.13. The molecule has 0 radical (unpaired) electrons. The Morgan fingerprint density at radius 3 is 2.70 bits per heavy atom. The van der Waals surface area contributed by atoms with Crippen molar-refractivity contribution in [1.82, 2.24) is 4.90 Å². The first-order chi connectivity index (χ1) is 9.72. The molecular formula is C16H23NO2S. The molecule has 0 spiro atoms. The van der Waals surface area contributed by atoms with Gasteiger partial charge in [-0.25, -0.2) is 0 Å². The summed E-state index contributed by atoms with van der Waals surface area (Å²) in [6.45, 7) is 1.91. The van der Waals surface area contributed by atoms with Gasteiger partial charge in [0.05, 0.1) is 6.61 Å². The lowest BCUT2D eigenvalue weighted by molar-refractivity contribution is -0.129. The molecule has 1 fully saturated rings. The van der Waals surface area contributed by atoms with Gasteiger partial charge in [0.1, 0.15) is 0 Å². The monoisotopic (exact) mass is 293 g/mol. The van der Waals surface area contributed by atoms with Crippen LogP contribution in [0.3, 0.4) is 0 Å². The number of benzene rings is 1. The van der Waals surface area contributed by atoms with Crippen molar-refractivity contribution in [2.75, 3.05) is 25.1 Å². The summed E-state index contributed by atoms with van der Waals surface area (Å²) in [7, 11) is 0. The minimum absolute atomic E-state index is 0.0986. The van der Waals surface area contributed by atoms with Crippen molar-refractivity contribution in [2.45, 2.75) is 25.9 Å². The largest absolute Gasteiger partial charge is 0.392 e. The number of carbonyl (C=O) groups is 1. The van der Waals surface area contributed by atoms with Gasteiger partial charge >= 0.3 is 0 Å². The number of nitrogens with zero attached hydrogens (tertiary/aromatic N) is 1. The van der Waals surface area contributed by atoms with E-state index in [-0.39, 0.29) is 6.61 Å². The lowest BCUT2D eigenvalue weighted by atomic mass is 9.98. The zero-order valence-electron chi connectivity index (χ0n) is 12.0. The summed E-state index contributed by atoms with van der Waals surface area (Å²) in [5.41, 5.74) is 2.25. The number of thioether (sulfide) groups is 1. The van der Waals surface area contributed by atoms with E-state index in [9.17, 15) is 4.79 Å². The first-order valence-corrected chi connectivity index (χ1v) is 8.57. The Balaban J connectivity index is 1.81. The first-order valence-electron chi connectivity index (χ1n) is 7.18. The molecular weight excluding hydrogens is 270 g/mol. The van der Waals surface area contributed by atoms with Gasteiger partial charge in [-0.05, 0) is 36.1 Å². The molecule has 1 N–H and O–H groups in total. The average molecular weight is 293 g/mol. The highest BCUT2D eigenvalue weighted by Crippen LogP contribution is 2.22. The fourth-order valence-electron chi connectivity index (χ4n) is 2.69. The number of amides is 1. The first kappa shape index (κ1) is 15.4. The van der Waals surface area contributed by atoms with Crippen LogP contribution in [0.15, 0.2) is 24.3 Å². The summed E-state index contributed by atoms with van der Waals surface area (Å²) in [5, 5.41) is 9.03. The normalized spacial score (nSPS) is 18.5. The molecule has 0 bridgehead atoms. The molecule has 110 valence electrons. The zero-order chi connectivity index (χ0) is 14.4. The number of rotatable bonds is 6. The topological polar surface area (TPSA) is 40.5 Å². The van der Waals surface area contributed by atoms with Crippen LogP contribution in [-0.2, 0) is 17.8 Å². The summed E-state index contributed by atoms with van der Waals surface area (Å²) in [6.07, 6.45) is 4.83. The molecule has 2 rings (SSSR count). The van der Waals surface area contributed by atoms with Crippen LogP contribution in [0.5, 0.6) is 0 Å². The van der Waals surface area contributed by atoms with E-state index in [1.165, 1.54) is 5.56 Å². The minimum Gasteiger partial charge on any atom is -0.392 e. The molecule has 1 aliphatic heterocycles. The Kier molecular flexibility index (Phi) is 5.92. The molecule has 3 nitrogen and oxygen atoms in total. The van der Waals surface area contributed by atoms with Crippen LogP contribution < -0.4 is 0 Å². The maximum absolute atomic E-state index is 12.0. The van der Waals surface area contributed by atoms with Crippen LogP contribution in [0.2, 0.25) is 0 Å². The predicted octanol–water partition coefficient (Wildman–Crippen LogP) is 2.32. The third kappa shape index (κ3) is 4.25. The molecule has 4 heteroatoms. The van der Waals surface area contributed by atoms with Gasteiger partial charge in [0, 0.05) is 25.3 Å². The molecule has 1 saturated heterocycles. The number of carbonyl (C=O) groups excluding carboxylic acids is 1. The van der Waals surface area contributed by atoms with Gasteiger partial charge in [-0.3, -0.25) is 4.79 Å². The standard InChI is InChI=1S/C16H23NO2S/c1-20-9-7-16(19)17-8-6-15(11-17)10-13-2-4-14(12-18)5-3-13/h2-5,15,18H,6-12H2,1H3/t15-/m1/s1. The Hall–Kier alpha value is -1.00. The van der Waals surface area contributed by atoms with Gasteiger partial charge in [-0.15, -0.1) is 0 Å². The number of hydrogen-bond acceptors (Lipinski definition) is 3. The molecule has 1 aromatic rings. The highest BCUT2D eigenvalue weighted by Gasteiger charge is 2.25. The number of aliphatic hydroxyl groups is 1. The van der Waals surface area contributed by atoms with Crippen LogP contribution in [0, 0.1) is 5.92 Å². The summed E-state index contributed by atoms with van der Waals surface area (Å²) >= 11 is 1.73. The Morgan fingerprint density at radius 1 is 1.35 bits per heavy atom. The molecule has 20 heavy (non-hydrogen) atoms. The third-order valence-electron chi connectivity index (χ3n) is 3.89. The van der Waals surface area contributed by atoms with E-state index in [2.05, 4.69) is 12.1 Å². The van der Waals surface area contributed by atoms with Crippen molar-refractivity contribution in [3.63, 3.8) is 0 Å². The molecule has 1 heterocycles. The second-order valence-electron chi connectivity index (χ2n) is 5.42. The van der Waals surface area contributed by atoms with Gasteiger partial charge in [0.25, 0.3) is 0 Å². The Labute approximate surface area is 125 Å². The van der Waals surface area contributed by atoms with Crippen molar-refractivity contribution >= 4 is 17.7 Å². The van der Waals surface area contributed by atoms with E-state index in [0.29, 0.717) is 18.2 Å². The maximum atomic E-state index is 12.0. The number of likely N-dealkylation sites (tertiary alicyclic amines) is 1. The van der Waals surface area contributed by atoms with Crippen molar-refractivity contribution in [2.24, 2.45) is 5.92 Å². The molecule has 0 unspecified atom stereocenters. The van der Waals surface area contributed by atoms with E-state index in [0.717, 1.165) is 37.2 Å². The van der Waals surface area contributed by atoms with E-state index >= 15 is 0 Å². The zero-order valence-corrected chi connectivity index (χ0v) is 12.9. The summed E-state index contributed by atoms with van der Waals surface area (Å²) < 4.78 is 0. The minimum atomic E-state index is 0.0986. The fraction of sp³-hybridized carbons (Fsp3) is 0.562. The lowest BCUT2D eigenvalue weighted by Crippen LogP contribution is -2.29. The van der Waals surface area contributed by atoms with Gasteiger partial charge in [-0.1, -0.05) is 24.3 Å². The van der Waals surface area contributed by atoms with E-state index in [4.69, 9.17) is 5.11 Å². The summed E-state index contributed by atoms with van der Waals surface area (Å²) in [4.78, 5) is 14.0. The highest BCUT2D eigenvalue weighted by molar-refractivity contribution is 7.98. The number of aliphatic hydroxyl groups excluding tert-OH is 1. The van der Waals surface area contributed by atoms with Gasteiger partial charge in [-0.2, -0.15) is 11.8 Å². The van der Waals surface area contributed by atoms with Crippen molar-refractivity contribution < 1.29 is 9.90 Å². The van der Waals surface area contributed by atoms with Crippen molar-refractivity contribution in [3.05, 3.63) is 35.4 Å². The number of hydrogen-bond donors (Lipinski definition) is 1. The van der Waals surface area contributed by atoms with Gasteiger partial charge < -0.3 is 10.0 Å². The molecule has 0 aliphatic carbocycles. The van der Waals surface area contributed by atoms with Gasteiger partial charge in [0.15, 0.2) is 0 Å². The van der Waals surface area contributed by atoms with E-state index in [1.54, 1.807) is 11.8 Å². The van der Waals surface area contributed by atoms with Crippen LogP contribution in [0.1, 0.15) is 24.0 Å². The van der Waals surface area contributed by atoms with Crippen molar-refractivity contribution in [3.8, 4) is 0 Å². The van der Waals surface area contributed by atoms with E-state index < -0.39 is 0 Å². The van der Waals surface area contributed by atoms with E-state index in [1.807, 2.05) is 23.3 Å². The SMILES string of the molecule is CSCCC(=O)N1CC[C@H](Cc2ccc(CO)cc2)C1. The van der Waals surface area contributed by atoms with Crippen LogP contribution in [0.4, 0.5) is 0 Å². The molecule has 0 saturated carbocycles. The molecule has 1 aromatic carbocycles. The second kappa shape index (κ2) is 7.70. The third-order valence-corrected chi connectivity index (χ3v) is 4.50. The quantitative estimate of drug-likeness (QED) is 0.875. The van der Waals surface area contributed by atoms with Crippen LogP contribution >= 0.6 is 11.8 Å². The highest BCUT2D eigenvalue weighted by atomic mass is 32.2.